The number of hydrogen-bond donors (Lipinski definition) is 3. The van der Waals surface area contributed by atoms with E-state index in [-0.39, 0.29) is 12.5 Å². The van der Waals surface area contributed by atoms with E-state index >= 15 is 0 Å². The number of aryl methyl sites for hydroxylation is 1. The Hall–Kier alpha value is -2.28. The van der Waals surface area contributed by atoms with Crippen molar-refractivity contribution in [3.63, 3.8) is 0 Å². The van der Waals surface area contributed by atoms with Crippen LogP contribution in [0.4, 0.5) is 0 Å². The summed E-state index contributed by atoms with van der Waals surface area (Å²) in [4.78, 5) is 16.4. The second-order valence-corrected chi connectivity index (χ2v) is 7.34. The number of carbonyl (C=O) groups excluding carboxylic acids is 1. The summed E-state index contributed by atoms with van der Waals surface area (Å²) in [7, 11) is 1.70. The maximum Gasteiger partial charge on any atom is 0.239 e. The van der Waals surface area contributed by atoms with E-state index in [0.717, 1.165) is 29.7 Å². The Kier molecular flexibility index (Phi) is 10.3. The van der Waals surface area contributed by atoms with E-state index in [1.165, 1.54) is 19.3 Å². The highest BCUT2D eigenvalue weighted by Gasteiger charge is 2.15. The van der Waals surface area contributed by atoms with Gasteiger partial charge in [-0.2, -0.15) is 0 Å². The molecule has 7 heteroatoms. The van der Waals surface area contributed by atoms with Gasteiger partial charge in [0.1, 0.15) is 12.4 Å². The molecular weight excluding hydrogens is 368 g/mol. The second kappa shape index (κ2) is 13.0. The molecule has 0 aliphatic heterocycles. The highest BCUT2D eigenvalue weighted by atomic mass is 16.5. The molecule has 1 aliphatic carbocycles. The average molecular weight is 405 g/mol. The number of aliphatic imine (C=N–C) groups is 1. The zero-order valence-corrected chi connectivity index (χ0v) is 18.1. The van der Waals surface area contributed by atoms with Crippen molar-refractivity contribution < 1.29 is 14.3 Å². The van der Waals surface area contributed by atoms with Gasteiger partial charge in [0.05, 0.1) is 13.2 Å². The van der Waals surface area contributed by atoms with Crippen LogP contribution in [0.15, 0.2) is 23.2 Å². The van der Waals surface area contributed by atoms with Crippen LogP contribution in [0.2, 0.25) is 0 Å². The highest BCUT2D eigenvalue weighted by molar-refractivity contribution is 5.86. The zero-order chi connectivity index (χ0) is 20.9. The van der Waals surface area contributed by atoms with Gasteiger partial charge in [-0.15, -0.1) is 0 Å². The molecule has 7 nitrogen and oxygen atoms in total. The van der Waals surface area contributed by atoms with Crippen LogP contribution in [0.25, 0.3) is 0 Å². The van der Waals surface area contributed by atoms with Gasteiger partial charge in [0, 0.05) is 31.8 Å². The first-order chi connectivity index (χ1) is 14.1. The average Bonchev–Trinajstić information content (AvgIpc) is 2.73. The maximum atomic E-state index is 12.2. The van der Waals surface area contributed by atoms with Gasteiger partial charge in [0.15, 0.2) is 5.96 Å². The molecule has 0 spiro atoms. The van der Waals surface area contributed by atoms with E-state index in [1.54, 1.807) is 7.05 Å². The van der Waals surface area contributed by atoms with E-state index in [1.807, 2.05) is 26.0 Å². The third-order valence-electron chi connectivity index (χ3n) is 4.97. The zero-order valence-electron chi connectivity index (χ0n) is 18.1. The number of amides is 1. The second-order valence-electron chi connectivity index (χ2n) is 7.34. The van der Waals surface area contributed by atoms with Gasteiger partial charge >= 0.3 is 0 Å². The van der Waals surface area contributed by atoms with Crippen LogP contribution in [-0.4, -0.2) is 51.3 Å². The Bertz CT molecular complexity index is 657. The first-order valence-electron chi connectivity index (χ1n) is 10.7. The smallest absolute Gasteiger partial charge is 0.239 e. The van der Waals surface area contributed by atoms with Crippen molar-refractivity contribution in [1.29, 1.82) is 0 Å². The molecule has 162 valence electrons. The lowest BCUT2D eigenvalue weighted by atomic mass is 9.95. The van der Waals surface area contributed by atoms with Crippen molar-refractivity contribution in [2.24, 2.45) is 4.99 Å². The Labute approximate surface area is 174 Å². The number of carbonyl (C=O) groups is 1. The molecule has 0 atom stereocenters. The molecule has 0 aromatic heterocycles. The van der Waals surface area contributed by atoms with Gasteiger partial charge < -0.3 is 25.4 Å². The van der Waals surface area contributed by atoms with Gasteiger partial charge in [0.2, 0.25) is 5.91 Å². The van der Waals surface area contributed by atoms with Crippen molar-refractivity contribution in [2.75, 3.05) is 33.4 Å². The molecule has 29 heavy (non-hydrogen) atoms. The molecule has 1 fully saturated rings. The fourth-order valence-electron chi connectivity index (χ4n) is 3.39. The lowest BCUT2D eigenvalue weighted by Gasteiger charge is -2.23. The van der Waals surface area contributed by atoms with Gasteiger partial charge in [-0.25, -0.2) is 0 Å². The van der Waals surface area contributed by atoms with Gasteiger partial charge in [0.25, 0.3) is 0 Å². The van der Waals surface area contributed by atoms with Crippen LogP contribution in [0.1, 0.15) is 50.2 Å². The molecule has 1 aromatic rings. The maximum absolute atomic E-state index is 12.2. The molecule has 1 aromatic carbocycles. The highest BCUT2D eigenvalue weighted by Crippen LogP contribution is 2.20. The Morgan fingerprint density at radius 3 is 2.69 bits per heavy atom. The molecule has 0 saturated heterocycles. The van der Waals surface area contributed by atoms with Crippen molar-refractivity contribution in [1.82, 2.24) is 16.0 Å². The SMILES string of the molecule is CCOCCOc1cc(C)ccc1CNC(=NC)NCC(=O)NC1CCCCC1. The van der Waals surface area contributed by atoms with E-state index in [0.29, 0.717) is 38.4 Å². The Balaban J connectivity index is 1.79. The Morgan fingerprint density at radius 2 is 1.97 bits per heavy atom. The predicted molar refractivity (Wildman–Crippen MR) is 116 cm³/mol. The van der Waals surface area contributed by atoms with Gasteiger partial charge in [-0.05, 0) is 38.3 Å². The summed E-state index contributed by atoms with van der Waals surface area (Å²) in [6.45, 7) is 6.53. The van der Waals surface area contributed by atoms with Gasteiger partial charge in [-0.3, -0.25) is 9.79 Å². The summed E-state index contributed by atoms with van der Waals surface area (Å²) in [5.74, 6) is 1.43. The molecular formula is C22H36N4O3. The van der Waals surface area contributed by atoms with E-state index in [2.05, 4.69) is 27.0 Å². The minimum absolute atomic E-state index is 0.00938. The fraction of sp³-hybridized carbons (Fsp3) is 0.636. The topological polar surface area (TPSA) is 84.0 Å². The summed E-state index contributed by atoms with van der Waals surface area (Å²) in [6.07, 6.45) is 5.84. The number of rotatable bonds is 10. The molecule has 3 N–H and O–H groups in total. The lowest BCUT2D eigenvalue weighted by Crippen LogP contribution is -2.45. The molecule has 0 bridgehead atoms. The quantitative estimate of drug-likeness (QED) is 0.317. The first-order valence-corrected chi connectivity index (χ1v) is 10.7. The molecule has 1 amide bonds. The largest absolute Gasteiger partial charge is 0.491 e. The number of hydrogen-bond acceptors (Lipinski definition) is 4. The normalized spacial score (nSPS) is 15.1. The van der Waals surface area contributed by atoms with Crippen LogP contribution in [0, 0.1) is 6.92 Å². The molecule has 1 aliphatic rings. The van der Waals surface area contributed by atoms with Crippen molar-refractivity contribution in [3.05, 3.63) is 29.3 Å². The minimum atomic E-state index is 0.00938. The fourth-order valence-corrected chi connectivity index (χ4v) is 3.39. The number of nitrogens with zero attached hydrogens (tertiary/aromatic N) is 1. The molecule has 1 saturated carbocycles. The number of benzene rings is 1. The lowest BCUT2D eigenvalue weighted by molar-refractivity contribution is -0.120. The molecule has 0 radical (unpaired) electrons. The summed E-state index contributed by atoms with van der Waals surface area (Å²) in [5.41, 5.74) is 2.17. The van der Waals surface area contributed by atoms with Crippen molar-refractivity contribution in [2.45, 2.75) is 58.5 Å². The summed E-state index contributed by atoms with van der Waals surface area (Å²) in [6, 6.07) is 6.44. The third-order valence-corrected chi connectivity index (χ3v) is 4.97. The van der Waals surface area contributed by atoms with E-state index in [9.17, 15) is 4.79 Å². The van der Waals surface area contributed by atoms with Crippen LogP contribution >= 0.6 is 0 Å². The Morgan fingerprint density at radius 1 is 1.17 bits per heavy atom. The number of ether oxygens (including phenoxy) is 2. The molecule has 0 heterocycles. The van der Waals surface area contributed by atoms with Crippen LogP contribution in [0.5, 0.6) is 5.75 Å². The van der Waals surface area contributed by atoms with Crippen LogP contribution in [-0.2, 0) is 16.1 Å². The summed E-state index contributed by atoms with van der Waals surface area (Å²) < 4.78 is 11.2. The molecule has 2 rings (SSSR count). The summed E-state index contributed by atoms with van der Waals surface area (Å²) >= 11 is 0. The van der Waals surface area contributed by atoms with Crippen molar-refractivity contribution >= 4 is 11.9 Å². The first kappa shape index (κ1) is 23.0. The third kappa shape index (κ3) is 8.73. The van der Waals surface area contributed by atoms with Crippen LogP contribution in [0.3, 0.4) is 0 Å². The van der Waals surface area contributed by atoms with Crippen molar-refractivity contribution in [3.8, 4) is 5.75 Å². The monoisotopic (exact) mass is 404 g/mol. The minimum Gasteiger partial charge on any atom is -0.491 e. The van der Waals surface area contributed by atoms with E-state index < -0.39 is 0 Å². The van der Waals surface area contributed by atoms with E-state index in [4.69, 9.17) is 9.47 Å². The standard InChI is InChI=1S/C22H36N4O3/c1-4-28-12-13-29-20-14-17(2)10-11-18(20)15-24-22(23-3)25-16-21(27)26-19-8-6-5-7-9-19/h10-11,14,19H,4-9,12-13,15-16H2,1-3H3,(H,26,27)(H2,23,24,25). The van der Waals surface area contributed by atoms with Gasteiger partial charge in [-0.1, -0.05) is 31.4 Å². The summed E-state index contributed by atoms with van der Waals surface area (Å²) in [5, 5.41) is 9.44. The predicted octanol–water partition coefficient (Wildman–Crippen LogP) is 2.52. The molecule has 0 unspecified atom stereocenters. The number of guanidine groups is 1. The number of nitrogens with one attached hydrogen (secondary N) is 3. The van der Waals surface area contributed by atoms with Crippen LogP contribution < -0.4 is 20.7 Å².